The van der Waals surface area contributed by atoms with E-state index in [1.807, 2.05) is 0 Å². The molecule has 0 atom stereocenters. The number of rotatable bonds is 3. The van der Waals surface area contributed by atoms with Gasteiger partial charge in [0.15, 0.2) is 11.5 Å². The highest BCUT2D eigenvalue weighted by Crippen LogP contribution is 2.11. The minimum atomic E-state index is -0.429. The van der Waals surface area contributed by atoms with Crippen LogP contribution in [0.5, 0.6) is 0 Å². The summed E-state index contributed by atoms with van der Waals surface area (Å²) in [5.74, 6) is 0.213. The predicted molar refractivity (Wildman–Crippen MR) is 55.0 cm³/mol. The van der Waals surface area contributed by atoms with Gasteiger partial charge >= 0.3 is 5.97 Å². The lowest BCUT2D eigenvalue weighted by Gasteiger charge is -2.01. The van der Waals surface area contributed by atoms with Crippen LogP contribution in [0.15, 0.2) is 18.3 Å². The number of nitrogens with zero attached hydrogens (tertiary/aromatic N) is 3. The molecule has 0 N–H and O–H groups in total. The molecule has 84 valence electrons. The molecular weight excluding hydrogens is 210 g/mol. The molecule has 0 unspecified atom stereocenters. The summed E-state index contributed by atoms with van der Waals surface area (Å²) in [5.41, 5.74) is 0.862. The summed E-state index contributed by atoms with van der Waals surface area (Å²) in [7, 11) is 2.91. The second-order valence-electron chi connectivity index (χ2n) is 3.16. The van der Waals surface area contributed by atoms with Crippen LogP contribution in [-0.4, -0.2) is 34.8 Å². The van der Waals surface area contributed by atoms with Crippen LogP contribution in [0.2, 0.25) is 0 Å². The molecule has 2 rings (SSSR count). The number of methoxy groups -OCH3 is 2. The first-order valence-electron chi connectivity index (χ1n) is 4.67. The average Bonchev–Trinajstić information content (AvgIpc) is 2.72. The molecule has 0 saturated heterocycles. The molecule has 2 heterocycles. The number of fused-ring (bicyclic) bond motifs is 1. The minimum Gasteiger partial charge on any atom is -0.465 e. The number of carbonyl (C=O) groups is 1. The summed E-state index contributed by atoms with van der Waals surface area (Å²) in [4.78, 5) is 11.5. The zero-order chi connectivity index (χ0) is 11.5. The zero-order valence-electron chi connectivity index (χ0n) is 9.01. The van der Waals surface area contributed by atoms with Crippen LogP contribution in [0.3, 0.4) is 0 Å². The molecular formula is C10H11N3O3. The van der Waals surface area contributed by atoms with Crippen molar-refractivity contribution in [1.82, 2.24) is 14.6 Å². The number of ether oxygens (including phenoxy) is 2. The zero-order valence-corrected chi connectivity index (χ0v) is 9.01. The Bertz CT molecular complexity index is 521. The Morgan fingerprint density at radius 3 is 2.94 bits per heavy atom. The van der Waals surface area contributed by atoms with E-state index in [9.17, 15) is 4.79 Å². The highest BCUT2D eigenvalue weighted by Gasteiger charge is 2.14. The highest BCUT2D eigenvalue weighted by atomic mass is 16.5. The van der Waals surface area contributed by atoms with E-state index in [1.165, 1.54) is 7.11 Å². The summed E-state index contributed by atoms with van der Waals surface area (Å²) in [6.45, 7) is 0.339. The summed E-state index contributed by atoms with van der Waals surface area (Å²) < 4.78 is 11.3. The van der Waals surface area contributed by atoms with Crippen molar-refractivity contribution in [3.63, 3.8) is 0 Å². The van der Waals surface area contributed by atoms with E-state index in [-0.39, 0.29) is 0 Å². The van der Waals surface area contributed by atoms with Gasteiger partial charge in [-0.25, -0.2) is 4.79 Å². The number of hydrogen-bond donors (Lipinski definition) is 0. The van der Waals surface area contributed by atoms with Crippen LogP contribution in [0.4, 0.5) is 0 Å². The molecule has 0 radical (unpaired) electrons. The fourth-order valence-corrected chi connectivity index (χ4v) is 1.46. The van der Waals surface area contributed by atoms with Crippen LogP contribution in [0.25, 0.3) is 5.65 Å². The molecule has 0 aliphatic carbocycles. The number of esters is 1. The molecule has 2 aromatic rings. The number of hydrogen-bond acceptors (Lipinski definition) is 5. The van der Waals surface area contributed by atoms with Crippen molar-refractivity contribution in [2.45, 2.75) is 6.61 Å². The Morgan fingerprint density at radius 2 is 2.25 bits per heavy atom. The molecule has 0 aromatic carbocycles. The molecule has 2 aromatic heterocycles. The van der Waals surface area contributed by atoms with E-state index in [1.54, 1.807) is 29.8 Å². The van der Waals surface area contributed by atoms with Gasteiger partial charge in [0.05, 0.1) is 7.11 Å². The largest absolute Gasteiger partial charge is 0.465 e. The summed E-state index contributed by atoms with van der Waals surface area (Å²) in [6, 6.07) is 3.38. The first kappa shape index (κ1) is 10.6. The molecule has 6 heteroatoms. The van der Waals surface area contributed by atoms with E-state index in [0.717, 1.165) is 0 Å². The van der Waals surface area contributed by atoms with Gasteiger partial charge in [-0.1, -0.05) is 0 Å². The Kier molecular flexibility index (Phi) is 2.82. The maximum Gasteiger partial charge on any atom is 0.341 e. The fraction of sp³-hybridized carbons (Fsp3) is 0.300. The van der Waals surface area contributed by atoms with Gasteiger partial charge in [0, 0.05) is 13.3 Å². The van der Waals surface area contributed by atoms with E-state index in [0.29, 0.717) is 23.6 Å². The number of aromatic nitrogens is 3. The number of carbonyl (C=O) groups excluding carboxylic acids is 1. The Hall–Kier alpha value is -1.95. The van der Waals surface area contributed by atoms with Gasteiger partial charge < -0.3 is 9.47 Å². The lowest BCUT2D eigenvalue weighted by atomic mass is 10.3. The standard InChI is InChI=1S/C10H11N3O3/c1-15-6-8-11-12-9-7(10(14)16-2)4-3-5-13(8)9/h3-5H,6H2,1-2H3. The van der Waals surface area contributed by atoms with E-state index < -0.39 is 5.97 Å². The second-order valence-corrected chi connectivity index (χ2v) is 3.16. The first-order chi connectivity index (χ1) is 7.77. The first-order valence-corrected chi connectivity index (χ1v) is 4.67. The molecule has 0 fully saturated rings. The molecule has 0 spiro atoms. The lowest BCUT2D eigenvalue weighted by molar-refractivity contribution is 0.0602. The smallest absolute Gasteiger partial charge is 0.341 e. The number of pyridine rings is 1. The van der Waals surface area contributed by atoms with Crippen molar-refractivity contribution >= 4 is 11.6 Å². The van der Waals surface area contributed by atoms with Crippen molar-refractivity contribution in [3.05, 3.63) is 29.7 Å². The Balaban J connectivity index is 2.57. The summed E-state index contributed by atoms with van der Waals surface area (Å²) >= 11 is 0. The molecule has 16 heavy (non-hydrogen) atoms. The molecule has 6 nitrogen and oxygen atoms in total. The van der Waals surface area contributed by atoms with E-state index in [4.69, 9.17) is 4.74 Å². The molecule has 0 aliphatic heterocycles. The van der Waals surface area contributed by atoms with Gasteiger partial charge in [0.1, 0.15) is 12.2 Å². The van der Waals surface area contributed by atoms with Crippen molar-refractivity contribution in [3.8, 4) is 0 Å². The van der Waals surface area contributed by atoms with Gasteiger partial charge in [0.25, 0.3) is 0 Å². The normalized spacial score (nSPS) is 10.6. The fourth-order valence-electron chi connectivity index (χ4n) is 1.46. The van der Waals surface area contributed by atoms with Crippen molar-refractivity contribution in [2.24, 2.45) is 0 Å². The van der Waals surface area contributed by atoms with Gasteiger partial charge in [-0.05, 0) is 12.1 Å². The highest BCUT2D eigenvalue weighted by molar-refractivity contribution is 5.95. The van der Waals surface area contributed by atoms with Gasteiger partial charge in [-0.2, -0.15) is 0 Å². The van der Waals surface area contributed by atoms with Crippen molar-refractivity contribution in [2.75, 3.05) is 14.2 Å². The molecule has 0 amide bonds. The second kappa shape index (κ2) is 4.28. The van der Waals surface area contributed by atoms with Crippen LogP contribution in [-0.2, 0) is 16.1 Å². The van der Waals surface area contributed by atoms with Gasteiger partial charge in [0.2, 0.25) is 0 Å². The van der Waals surface area contributed by atoms with Crippen molar-refractivity contribution in [1.29, 1.82) is 0 Å². The van der Waals surface area contributed by atoms with Crippen molar-refractivity contribution < 1.29 is 14.3 Å². The maximum atomic E-state index is 11.5. The quantitative estimate of drug-likeness (QED) is 0.712. The predicted octanol–water partition coefficient (Wildman–Crippen LogP) is 0.662. The van der Waals surface area contributed by atoms with Crippen LogP contribution in [0, 0.1) is 0 Å². The maximum absolute atomic E-state index is 11.5. The third-order valence-corrected chi connectivity index (χ3v) is 2.18. The van der Waals surface area contributed by atoms with Gasteiger partial charge in [-0.15, -0.1) is 10.2 Å². The Labute approximate surface area is 91.8 Å². The Morgan fingerprint density at radius 1 is 1.44 bits per heavy atom. The van der Waals surface area contributed by atoms with Crippen LogP contribution in [0.1, 0.15) is 16.2 Å². The summed E-state index contributed by atoms with van der Waals surface area (Å²) in [6.07, 6.45) is 1.77. The van der Waals surface area contributed by atoms with Crippen LogP contribution < -0.4 is 0 Å². The third-order valence-electron chi connectivity index (χ3n) is 2.18. The van der Waals surface area contributed by atoms with E-state index in [2.05, 4.69) is 14.9 Å². The molecule has 0 saturated carbocycles. The van der Waals surface area contributed by atoms with Crippen LogP contribution >= 0.6 is 0 Å². The van der Waals surface area contributed by atoms with Gasteiger partial charge in [-0.3, -0.25) is 4.40 Å². The molecule has 0 bridgehead atoms. The lowest BCUT2D eigenvalue weighted by Crippen LogP contribution is -2.05. The van der Waals surface area contributed by atoms with E-state index >= 15 is 0 Å². The molecule has 0 aliphatic rings. The minimum absolute atomic E-state index is 0.339. The monoisotopic (exact) mass is 221 g/mol. The average molecular weight is 221 g/mol. The summed E-state index contributed by atoms with van der Waals surface area (Å²) in [5, 5.41) is 7.88. The SMILES string of the molecule is COCc1nnc2c(C(=O)OC)cccn12. The third kappa shape index (κ3) is 1.63. The topological polar surface area (TPSA) is 65.7 Å².